The van der Waals surface area contributed by atoms with E-state index >= 15 is 0 Å². The Bertz CT molecular complexity index is 381. The third-order valence-corrected chi connectivity index (χ3v) is 3.20. The van der Waals surface area contributed by atoms with Crippen molar-refractivity contribution in [3.05, 3.63) is 10.8 Å². The SMILES string of the molecule is NNc1ncnc(N2CC(O)C(O)C2)c1Br. The van der Waals surface area contributed by atoms with Gasteiger partial charge in [-0.1, -0.05) is 0 Å². The number of halogens is 1. The van der Waals surface area contributed by atoms with Crippen molar-refractivity contribution in [2.24, 2.45) is 5.84 Å². The monoisotopic (exact) mass is 289 g/mol. The van der Waals surface area contributed by atoms with E-state index in [9.17, 15) is 10.2 Å². The number of aliphatic hydroxyl groups is 2. The Kier molecular flexibility index (Phi) is 3.24. The van der Waals surface area contributed by atoms with Gasteiger partial charge in [-0.3, -0.25) is 0 Å². The molecule has 0 aliphatic carbocycles. The molecule has 0 bridgehead atoms. The minimum atomic E-state index is -0.754. The van der Waals surface area contributed by atoms with E-state index in [-0.39, 0.29) is 0 Å². The Morgan fingerprint density at radius 1 is 1.38 bits per heavy atom. The molecule has 0 saturated carbocycles. The van der Waals surface area contributed by atoms with Crippen LogP contribution in [0.4, 0.5) is 11.6 Å². The number of nitrogen functional groups attached to an aromatic ring is 1. The summed E-state index contributed by atoms with van der Waals surface area (Å²) in [4.78, 5) is 9.77. The Morgan fingerprint density at radius 2 is 2.00 bits per heavy atom. The summed E-state index contributed by atoms with van der Waals surface area (Å²) >= 11 is 3.32. The standard InChI is InChI=1S/C8H12BrN5O2/c9-6-7(13-10)11-3-12-8(6)14-1-4(15)5(16)2-14/h3-5,15-16H,1-2,10H2,(H,11,12,13). The van der Waals surface area contributed by atoms with Crippen LogP contribution in [0.15, 0.2) is 10.8 Å². The zero-order valence-corrected chi connectivity index (χ0v) is 9.92. The molecule has 0 aromatic carbocycles. The number of aliphatic hydroxyl groups excluding tert-OH is 2. The summed E-state index contributed by atoms with van der Waals surface area (Å²) in [7, 11) is 0. The van der Waals surface area contributed by atoms with Crippen LogP contribution in [0.1, 0.15) is 0 Å². The fourth-order valence-corrected chi connectivity index (χ4v) is 2.19. The molecule has 8 heteroatoms. The van der Waals surface area contributed by atoms with Gasteiger partial charge in [0.15, 0.2) is 5.82 Å². The highest BCUT2D eigenvalue weighted by molar-refractivity contribution is 9.10. The van der Waals surface area contributed by atoms with Gasteiger partial charge in [0, 0.05) is 13.1 Å². The minimum absolute atomic E-state index is 0.334. The minimum Gasteiger partial charge on any atom is -0.389 e. The molecule has 2 atom stereocenters. The number of β-amino-alcohol motifs (C(OH)–C–C–N with tert-alkyl or cyclic N) is 2. The number of hydrogen-bond acceptors (Lipinski definition) is 7. The van der Waals surface area contributed by atoms with E-state index in [0.717, 1.165) is 0 Å². The van der Waals surface area contributed by atoms with Gasteiger partial charge < -0.3 is 20.5 Å². The molecular formula is C8H12BrN5O2. The molecular weight excluding hydrogens is 278 g/mol. The van der Waals surface area contributed by atoms with E-state index in [4.69, 9.17) is 5.84 Å². The summed E-state index contributed by atoms with van der Waals surface area (Å²) in [5, 5.41) is 18.9. The lowest BCUT2D eigenvalue weighted by atomic mass is 10.3. The molecule has 2 unspecified atom stereocenters. The lowest BCUT2D eigenvalue weighted by Crippen LogP contribution is -2.23. The Hall–Kier alpha value is -0.960. The highest BCUT2D eigenvalue weighted by Crippen LogP contribution is 2.30. The Morgan fingerprint density at radius 3 is 2.56 bits per heavy atom. The van der Waals surface area contributed by atoms with Crippen LogP contribution in [-0.4, -0.2) is 45.5 Å². The zero-order chi connectivity index (χ0) is 11.7. The van der Waals surface area contributed by atoms with Crippen LogP contribution in [0, 0.1) is 0 Å². The number of nitrogens with zero attached hydrogens (tertiary/aromatic N) is 3. The van der Waals surface area contributed by atoms with Crippen LogP contribution in [0.2, 0.25) is 0 Å². The first-order chi connectivity index (χ1) is 7.63. The Balaban J connectivity index is 2.28. The molecule has 0 spiro atoms. The van der Waals surface area contributed by atoms with E-state index in [1.54, 1.807) is 4.90 Å². The second kappa shape index (κ2) is 4.50. The highest BCUT2D eigenvalue weighted by atomic mass is 79.9. The van der Waals surface area contributed by atoms with E-state index in [1.807, 2.05) is 0 Å². The third-order valence-electron chi connectivity index (χ3n) is 2.47. The third kappa shape index (κ3) is 1.96. The largest absolute Gasteiger partial charge is 0.389 e. The predicted octanol–water partition coefficient (Wildman–Crippen LogP) is -0.934. The van der Waals surface area contributed by atoms with E-state index < -0.39 is 12.2 Å². The van der Waals surface area contributed by atoms with Crippen molar-refractivity contribution < 1.29 is 10.2 Å². The lowest BCUT2D eigenvalue weighted by molar-refractivity contribution is 0.0572. The van der Waals surface area contributed by atoms with Crippen molar-refractivity contribution in [3.8, 4) is 0 Å². The van der Waals surface area contributed by atoms with Crippen molar-refractivity contribution in [2.45, 2.75) is 12.2 Å². The molecule has 2 heterocycles. The lowest BCUT2D eigenvalue weighted by Gasteiger charge is -2.18. The Labute approximate surface area is 100 Å². The van der Waals surface area contributed by atoms with Crippen LogP contribution in [-0.2, 0) is 0 Å². The number of nitrogens with one attached hydrogen (secondary N) is 1. The van der Waals surface area contributed by atoms with Gasteiger partial charge in [-0.05, 0) is 15.9 Å². The molecule has 1 aromatic rings. The molecule has 1 fully saturated rings. The van der Waals surface area contributed by atoms with Gasteiger partial charge in [0.25, 0.3) is 0 Å². The highest BCUT2D eigenvalue weighted by Gasteiger charge is 2.31. The maximum absolute atomic E-state index is 9.46. The molecule has 1 aliphatic heterocycles. The van der Waals surface area contributed by atoms with Crippen molar-refractivity contribution in [1.82, 2.24) is 9.97 Å². The van der Waals surface area contributed by atoms with Crippen LogP contribution in [0.25, 0.3) is 0 Å². The average Bonchev–Trinajstić information content (AvgIpc) is 2.59. The average molecular weight is 290 g/mol. The van der Waals surface area contributed by atoms with Gasteiger partial charge in [-0.2, -0.15) is 0 Å². The zero-order valence-electron chi connectivity index (χ0n) is 8.34. The van der Waals surface area contributed by atoms with Gasteiger partial charge in [0.1, 0.15) is 16.6 Å². The summed E-state index contributed by atoms with van der Waals surface area (Å²) < 4.78 is 0.610. The van der Waals surface area contributed by atoms with E-state index in [1.165, 1.54) is 6.33 Å². The summed E-state index contributed by atoms with van der Waals surface area (Å²) in [6.45, 7) is 0.668. The van der Waals surface area contributed by atoms with Gasteiger partial charge >= 0.3 is 0 Å². The first-order valence-corrected chi connectivity index (χ1v) is 5.51. The normalized spacial score (nSPS) is 24.9. The number of anilines is 2. The summed E-state index contributed by atoms with van der Waals surface area (Å²) in [6.07, 6.45) is -0.140. The molecule has 2 rings (SSSR count). The van der Waals surface area contributed by atoms with E-state index in [2.05, 4.69) is 31.3 Å². The molecule has 0 amide bonds. The molecule has 16 heavy (non-hydrogen) atoms. The number of aromatic nitrogens is 2. The van der Waals surface area contributed by atoms with Gasteiger partial charge in [0.2, 0.25) is 0 Å². The first-order valence-electron chi connectivity index (χ1n) is 4.71. The molecule has 0 radical (unpaired) electrons. The number of rotatable bonds is 2. The van der Waals surface area contributed by atoms with Crippen LogP contribution in [0.3, 0.4) is 0 Å². The van der Waals surface area contributed by atoms with Gasteiger partial charge in [-0.15, -0.1) is 0 Å². The number of nitrogens with two attached hydrogens (primary N) is 1. The number of hydrazine groups is 1. The van der Waals surface area contributed by atoms with Crippen molar-refractivity contribution in [3.63, 3.8) is 0 Å². The molecule has 1 aliphatic rings. The van der Waals surface area contributed by atoms with Gasteiger partial charge in [-0.25, -0.2) is 15.8 Å². The van der Waals surface area contributed by atoms with Crippen molar-refractivity contribution in [1.29, 1.82) is 0 Å². The molecule has 5 N–H and O–H groups in total. The molecule has 7 nitrogen and oxygen atoms in total. The molecule has 1 saturated heterocycles. The van der Waals surface area contributed by atoms with Crippen molar-refractivity contribution in [2.75, 3.05) is 23.4 Å². The predicted molar refractivity (Wildman–Crippen MR) is 61.8 cm³/mol. The maximum atomic E-state index is 9.46. The summed E-state index contributed by atoms with van der Waals surface area (Å²) in [5.41, 5.74) is 2.43. The summed E-state index contributed by atoms with van der Waals surface area (Å²) in [5.74, 6) is 6.34. The van der Waals surface area contributed by atoms with Crippen molar-refractivity contribution >= 4 is 27.6 Å². The molecule has 1 aromatic heterocycles. The number of hydrogen-bond donors (Lipinski definition) is 4. The fraction of sp³-hybridized carbons (Fsp3) is 0.500. The fourth-order valence-electron chi connectivity index (χ4n) is 1.62. The van der Waals surface area contributed by atoms with E-state index in [0.29, 0.717) is 29.2 Å². The maximum Gasteiger partial charge on any atom is 0.159 e. The van der Waals surface area contributed by atoms with Gasteiger partial charge in [0.05, 0.1) is 12.2 Å². The second-order valence-electron chi connectivity index (χ2n) is 3.54. The van der Waals surface area contributed by atoms with Crippen LogP contribution in [0.5, 0.6) is 0 Å². The second-order valence-corrected chi connectivity index (χ2v) is 4.34. The summed E-state index contributed by atoms with van der Waals surface area (Å²) in [6, 6.07) is 0. The van der Waals surface area contributed by atoms with Crippen LogP contribution >= 0.6 is 15.9 Å². The smallest absolute Gasteiger partial charge is 0.159 e. The van der Waals surface area contributed by atoms with Crippen LogP contribution < -0.4 is 16.2 Å². The molecule has 88 valence electrons. The first kappa shape index (κ1) is 11.5. The quantitative estimate of drug-likeness (QED) is 0.411. The topological polar surface area (TPSA) is 108 Å².